The number of rotatable bonds is 8. The van der Waals surface area contributed by atoms with Crippen LogP contribution in [0.15, 0.2) is 0 Å². The van der Waals surface area contributed by atoms with Crippen molar-refractivity contribution < 1.29 is 0 Å². The molecule has 0 aromatic heterocycles. The van der Waals surface area contributed by atoms with Crippen molar-refractivity contribution in [1.29, 1.82) is 0 Å². The minimum absolute atomic E-state index is 0.814. The first kappa shape index (κ1) is 16.7. The molecule has 4 atom stereocenters. The molecule has 0 saturated heterocycles. The summed E-state index contributed by atoms with van der Waals surface area (Å²) in [6.07, 6.45) is 4.22. The summed E-state index contributed by atoms with van der Waals surface area (Å²) in [5, 5.41) is 0.842. The van der Waals surface area contributed by atoms with Crippen LogP contribution in [0.5, 0.6) is 0 Å². The third-order valence-electron chi connectivity index (χ3n) is 4.06. The minimum atomic E-state index is 0.814. The van der Waals surface area contributed by atoms with Crippen LogP contribution in [0.4, 0.5) is 0 Å². The lowest BCUT2D eigenvalue weighted by molar-refractivity contribution is 0.245. The molecule has 0 aromatic rings. The van der Waals surface area contributed by atoms with Crippen LogP contribution in [-0.2, 0) is 0 Å². The monoisotopic (exact) mass is 290 g/mol. The van der Waals surface area contributed by atoms with E-state index in [1.54, 1.807) is 0 Å². The van der Waals surface area contributed by atoms with Gasteiger partial charge in [-0.05, 0) is 42.8 Å². The molecule has 1 fully saturated rings. The molecule has 1 rings (SSSR count). The van der Waals surface area contributed by atoms with Crippen molar-refractivity contribution >= 4 is 23.5 Å². The van der Waals surface area contributed by atoms with E-state index in [-0.39, 0.29) is 0 Å². The molecule has 0 spiro atoms. The van der Waals surface area contributed by atoms with E-state index < -0.39 is 0 Å². The van der Waals surface area contributed by atoms with Crippen LogP contribution in [0.2, 0.25) is 0 Å². The summed E-state index contributed by atoms with van der Waals surface area (Å²) in [6, 6.07) is 0. The van der Waals surface area contributed by atoms with Crippen LogP contribution in [-0.4, -0.2) is 35.6 Å². The fourth-order valence-electron chi connectivity index (χ4n) is 2.77. The Balaban J connectivity index is 2.33. The molecule has 1 saturated carbocycles. The van der Waals surface area contributed by atoms with Gasteiger partial charge in [-0.25, -0.2) is 0 Å². The van der Waals surface area contributed by atoms with Crippen molar-refractivity contribution in [2.24, 2.45) is 29.2 Å². The van der Waals surface area contributed by atoms with Crippen molar-refractivity contribution in [3.05, 3.63) is 0 Å². The molecule has 0 heterocycles. The largest absolute Gasteiger partial charge is 0.330 e. The first-order valence-electron chi connectivity index (χ1n) is 7.28. The molecule has 108 valence electrons. The predicted molar refractivity (Wildman–Crippen MR) is 87.3 cm³/mol. The van der Waals surface area contributed by atoms with E-state index in [9.17, 15) is 0 Å². The highest BCUT2D eigenvalue weighted by atomic mass is 32.2. The van der Waals surface area contributed by atoms with Gasteiger partial charge in [0.15, 0.2) is 0 Å². The van der Waals surface area contributed by atoms with Gasteiger partial charge in [0.2, 0.25) is 0 Å². The fraction of sp³-hybridized carbons (Fsp3) is 1.00. The summed E-state index contributed by atoms with van der Waals surface area (Å²) in [7, 11) is 0. The van der Waals surface area contributed by atoms with E-state index in [0.717, 1.165) is 47.6 Å². The van der Waals surface area contributed by atoms with Crippen LogP contribution < -0.4 is 11.5 Å². The third kappa shape index (κ3) is 5.72. The maximum Gasteiger partial charge on any atom is 0.00759 e. The summed E-state index contributed by atoms with van der Waals surface area (Å²) < 4.78 is 0. The number of nitrogens with two attached hydrogens (primary N) is 2. The molecule has 2 nitrogen and oxygen atoms in total. The van der Waals surface area contributed by atoms with Crippen molar-refractivity contribution in [1.82, 2.24) is 0 Å². The maximum atomic E-state index is 5.63. The molecule has 4 heteroatoms. The van der Waals surface area contributed by atoms with Crippen LogP contribution >= 0.6 is 23.5 Å². The standard InChI is InChI=1S/C14H30N2S2/c1-11-3-4-13(9-14(11)18-8-6-16)12(2)10-17-7-5-15/h11-14H,3-10,15-16H2,1-2H3. The molecular weight excluding hydrogens is 260 g/mol. The number of thioether (sulfide) groups is 2. The molecule has 0 aliphatic heterocycles. The second-order valence-electron chi connectivity index (χ2n) is 5.59. The Morgan fingerprint density at radius 2 is 1.89 bits per heavy atom. The van der Waals surface area contributed by atoms with Gasteiger partial charge in [0.05, 0.1) is 0 Å². The molecule has 1 aliphatic carbocycles. The summed E-state index contributed by atoms with van der Waals surface area (Å²) >= 11 is 4.13. The van der Waals surface area contributed by atoms with E-state index in [4.69, 9.17) is 11.5 Å². The molecule has 0 radical (unpaired) electrons. The van der Waals surface area contributed by atoms with Crippen LogP contribution in [0, 0.1) is 17.8 Å². The molecular formula is C14H30N2S2. The molecule has 0 bridgehead atoms. The molecule has 0 aromatic carbocycles. The first-order valence-corrected chi connectivity index (χ1v) is 9.48. The highest BCUT2D eigenvalue weighted by Crippen LogP contribution is 2.39. The second kappa shape index (κ2) is 9.51. The van der Waals surface area contributed by atoms with E-state index in [0.29, 0.717) is 0 Å². The van der Waals surface area contributed by atoms with E-state index in [1.165, 1.54) is 25.0 Å². The van der Waals surface area contributed by atoms with E-state index >= 15 is 0 Å². The van der Waals surface area contributed by atoms with Gasteiger partial charge in [-0.3, -0.25) is 0 Å². The topological polar surface area (TPSA) is 52.0 Å². The summed E-state index contributed by atoms with van der Waals surface area (Å²) in [4.78, 5) is 0. The Labute approximate surface area is 121 Å². The van der Waals surface area contributed by atoms with Gasteiger partial charge in [0, 0.05) is 29.8 Å². The lowest BCUT2D eigenvalue weighted by Crippen LogP contribution is -2.30. The average molecular weight is 291 g/mol. The van der Waals surface area contributed by atoms with Crippen molar-refractivity contribution in [2.75, 3.05) is 30.3 Å². The SMILES string of the molecule is CC(CSCCN)C1CCC(C)C(SCCN)C1. The number of hydrogen-bond acceptors (Lipinski definition) is 4. The third-order valence-corrected chi connectivity index (χ3v) is 6.90. The predicted octanol–water partition coefficient (Wildman–Crippen LogP) is 2.81. The quantitative estimate of drug-likeness (QED) is 0.675. The first-order chi connectivity index (χ1) is 8.69. The Bertz CT molecular complexity index is 214. The van der Waals surface area contributed by atoms with Gasteiger partial charge in [-0.15, -0.1) is 0 Å². The Kier molecular flexibility index (Phi) is 8.81. The van der Waals surface area contributed by atoms with E-state index in [2.05, 4.69) is 25.6 Å². The number of hydrogen-bond donors (Lipinski definition) is 2. The van der Waals surface area contributed by atoms with Gasteiger partial charge in [0.1, 0.15) is 0 Å². The molecule has 4 N–H and O–H groups in total. The van der Waals surface area contributed by atoms with Crippen molar-refractivity contribution in [3.8, 4) is 0 Å². The highest BCUT2D eigenvalue weighted by molar-refractivity contribution is 8.00. The lowest BCUT2D eigenvalue weighted by atomic mass is 9.77. The molecule has 18 heavy (non-hydrogen) atoms. The normalized spacial score (nSPS) is 30.3. The summed E-state index contributed by atoms with van der Waals surface area (Å²) in [6.45, 7) is 6.47. The van der Waals surface area contributed by atoms with Gasteiger partial charge < -0.3 is 11.5 Å². The Morgan fingerprint density at radius 1 is 1.17 bits per heavy atom. The zero-order valence-corrected chi connectivity index (χ0v) is 13.6. The fourth-order valence-corrected chi connectivity index (χ4v) is 5.03. The second-order valence-corrected chi connectivity index (χ2v) is 8.09. The molecule has 0 amide bonds. The van der Waals surface area contributed by atoms with Crippen LogP contribution in [0.3, 0.4) is 0 Å². The molecule has 1 aliphatic rings. The summed E-state index contributed by atoms with van der Waals surface area (Å²) in [5.41, 5.74) is 11.2. The van der Waals surface area contributed by atoms with Crippen molar-refractivity contribution in [2.45, 2.75) is 38.4 Å². The van der Waals surface area contributed by atoms with Crippen LogP contribution in [0.1, 0.15) is 33.1 Å². The van der Waals surface area contributed by atoms with E-state index in [1.807, 2.05) is 11.8 Å². The summed E-state index contributed by atoms with van der Waals surface area (Å²) in [5.74, 6) is 6.15. The average Bonchev–Trinajstić information content (AvgIpc) is 2.38. The highest BCUT2D eigenvalue weighted by Gasteiger charge is 2.30. The molecule has 4 unspecified atom stereocenters. The van der Waals surface area contributed by atoms with Gasteiger partial charge in [-0.1, -0.05) is 13.8 Å². The maximum absolute atomic E-state index is 5.63. The Hall–Kier alpha value is 0.620. The van der Waals surface area contributed by atoms with Crippen molar-refractivity contribution in [3.63, 3.8) is 0 Å². The minimum Gasteiger partial charge on any atom is -0.330 e. The lowest BCUT2D eigenvalue weighted by Gasteiger charge is -2.36. The Morgan fingerprint density at radius 3 is 2.56 bits per heavy atom. The zero-order valence-electron chi connectivity index (χ0n) is 11.9. The smallest absolute Gasteiger partial charge is 0.00759 e. The van der Waals surface area contributed by atoms with Gasteiger partial charge in [-0.2, -0.15) is 23.5 Å². The van der Waals surface area contributed by atoms with Gasteiger partial charge in [0.25, 0.3) is 0 Å². The van der Waals surface area contributed by atoms with Crippen LogP contribution in [0.25, 0.3) is 0 Å². The van der Waals surface area contributed by atoms with Gasteiger partial charge >= 0.3 is 0 Å². The zero-order chi connectivity index (χ0) is 13.4.